The van der Waals surface area contributed by atoms with E-state index in [1.54, 1.807) is 0 Å². The molecule has 0 saturated carbocycles. The van der Waals surface area contributed by atoms with Crippen LogP contribution in [0.3, 0.4) is 0 Å². The predicted octanol–water partition coefficient (Wildman–Crippen LogP) is 2.89. The maximum atomic E-state index is 4.39. The SMILES string of the molecule is CCCCC(C)(C)S. The summed E-state index contributed by atoms with van der Waals surface area (Å²) < 4.78 is 0.246. The van der Waals surface area contributed by atoms with Gasteiger partial charge in [-0.3, -0.25) is 0 Å². The predicted molar refractivity (Wildman–Crippen MR) is 42.6 cm³/mol. The van der Waals surface area contributed by atoms with Crippen molar-refractivity contribution in [2.24, 2.45) is 0 Å². The molecule has 0 aromatic heterocycles. The van der Waals surface area contributed by atoms with E-state index >= 15 is 0 Å². The average molecular weight is 132 g/mol. The van der Waals surface area contributed by atoms with E-state index < -0.39 is 0 Å². The lowest BCUT2D eigenvalue weighted by molar-refractivity contribution is 0.598. The fraction of sp³-hybridized carbons (Fsp3) is 1.00. The molecule has 0 bridgehead atoms. The summed E-state index contributed by atoms with van der Waals surface area (Å²) in [6.45, 7) is 6.52. The molecule has 0 rings (SSSR count). The molecule has 0 fully saturated rings. The zero-order valence-corrected chi connectivity index (χ0v) is 6.96. The zero-order chi connectivity index (χ0) is 6.62. The first-order chi connectivity index (χ1) is 3.56. The molecule has 0 atom stereocenters. The normalized spacial score (nSPS) is 12.0. The van der Waals surface area contributed by atoms with Crippen LogP contribution in [-0.2, 0) is 0 Å². The maximum absolute atomic E-state index is 4.39. The van der Waals surface area contributed by atoms with Crippen LogP contribution >= 0.6 is 12.6 Å². The Morgan fingerprint density at radius 3 is 2.00 bits per heavy atom. The molecule has 0 aromatic rings. The largest absolute Gasteiger partial charge is 0.173 e. The van der Waals surface area contributed by atoms with Crippen LogP contribution in [0, 0.1) is 0 Å². The first-order valence-corrected chi connectivity index (χ1v) is 3.73. The van der Waals surface area contributed by atoms with Crippen LogP contribution in [0.4, 0.5) is 0 Å². The van der Waals surface area contributed by atoms with Gasteiger partial charge in [0, 0.05) is 4.75 Å². The van der Waals surface area contributed by atoms with Gasteiger partial charge in [0.05, 0.1) is 0 Å². The van der Waals surface area contributed by atoms with E-state index in [1.807, 2.05) is 0 Å². The van der Waals surface area contributed by atoms with Crippen molar-refractivity contribution >= 4 is 12.6 Å². The van der Waals surface area contributed by atoms with E-state index in [0.717, 1.165) is 0 Å². The minimum absolute atomic E-state index is 0.246. The molecule has 0 amide bonds. The summed E-state index contributed by atoms with van der Waals surface area (Å²) >= 11 is 4.39. The standard InChI is InChI=1S/C7H16S/c1-4-5-6-7(2,3)8/h8H,4-6H2,1-3H3. The van der Waals surface area contributed by atoms with Crippen molar-refractivity contribution in [3.8, 4) is 0 Å². The van der Waals surface area contributed by atoms with E-state index in [-0.39, 0.29) is 4.75 Å². The fourth-order valence-electron chi connectivity index (χ4n) is 0.609. The van der Waals surface area contributed by atoms with Crippen LogP contribution in [-0.4, -0.2) is 4.75 Å². The summed E-state index contributed by atoms with van der Waals surface area (Å²) in [4.78, 5) is 0. The van der Waals surface area contributed by atoms with Crippen molar-refractivity contribution in [3.05, 3.63) is 0 Å². The summed E-state index contributed by atoms with van der Waals surface area (Å²) in [5.41, 5.74) is 0. The van der Waals surface area contributed by atoms with Crippen LogP contribution in [0.5, 0.6) is 0 Å². The van der Waals surface area contributed by atoms with Crippen molar-refractivity contribution in [1.29, 1.82) is 0 Å². The summed E-state index contributed by atoms with van der Waals surface area (Å²) in [5, 5.41) is 0. The van der Waals surface area contributed by atoms with Gasteiger partial charge in [-0.25, -0.2) is 0 Å². The first-order valence-electron chi connectivity index (χ1n) is 3.28. The Kier molecular flexibility index (Phi) is 3.54. The summed E-state index contributed by atoms with van der Waals surface area (Å²) in [6.07, 6.45) is 3.81. The molecule has 0 aliphatic rings. The minimum atomic E-state index is 0.246. The van der Waals surface area contributed by atoms with Gasteiger partial charge in [-0.05, 0) is 6.42 Å². The molecule has 0 aromatic carbocycles. The van der Waals surface area contributed by atoms with Crippen molar-refractivity contribution in [2.75, 3.05) is 0 Å². The monoisotopic (exact) mass is 132 g/mol. The Morgan fingerprint density at radius 2 is 1.88 bits per heavy atom. The highest BCUT2D eigenvalue weighted by molar-refractivity contribution is 7.81. The molecule has 0 unspecified atom stereocenters. The lowest BCUT2D eigenvalue weighted by Crippen LogP contribution is -2.08. The summed E-state index contributed by atoms with van der Waals surface area (Å²) in [5.74, 6) is 0. The van der Waals surface area contributed by atoms with Crippen LogP contribution in [0.1, 0.15) is 40.0 Å². The van der Waals surface area contributed by atoms with E-state index in [0.29, 0.717) is 0 Å². The van der Waals surface area contributed by atoms with E-state index in [1.165, 1.54) is 19.3 Å². The van der Waals surface area contributed by atoms with Crippen molar-refractivity contribution < 1.29 is 0 Å². The third-order valence-corrected chi connectivity index (χ3v) is 1.37. The van der Waals surface area contributed by atoms with Crippen LogP contribution in [0.2, 0.25) is 0 Å². The van der Waals surface area contributed by atoms with Gasteiger partial charge in [0.25, 0.3) is 0 Å². The van der Waals surface area contributed by atoms with Crippen LogP contribution in [0.25, 0.3) is 0 Å². The molecule has 1 heteroatoms. The molecule has 0 spiro atoms. The average Bonchev–Trinajstić information content (AvgIpc) is 1.59. The van der Waals surface area contributed by atoms with Crippen LogP contribution < -0.4 is 0 Å². The second-order valence-electron chi connectivity index (χ2n) is 2.92. The van der Waals surface area contributed by atoms with Crippen molar-refractivity contribution in [3.63, 3.8) is 0 Å². The van der Waals surface area contributed by atoms with Gasteiger partial charge < -0.3 is 0 Å². The molecule has 0 nitrogen and oxygen atoms in total. The fourth-order valence-corrected chi connectivity index (χ4v) is 0.768. The number of hydrogen-bond donors (Lipinski definition) is 1. The molecule has 0 radical (unpaired) electrons. The Labute approximate surface area is 58.1 Å². The topological polar surface area (TPSA) is 0 Å². The third kappa shape index (κ3) is 6.35. The summed E-state index contributed by atoms with van der Waals surface area (Å²) in [7, 11) is 0. The highest BCUT2D eigenvalue weighted by Crippen LogP contribution is 2.19. The van der Waals surface area contributed by atoms with Gasteiger partial charge >= 0.3 is 0 Å². The zero-order valence-electron chi connectivity index (χ0n) is 6.07. The van der Waals surface area contributed by atoms with E-state index in [4.69, 9.17) is 0 Å². The van der Waals surface area contributed by atoms with Gasteiger partial charge in [-0.1, -0.05) is 33.6 Å². The Morgan fingerprint density at radius 1 is 1.38 bits per heavy atom. The van der Waals surface area contributed by atoms with Crippen molar-refractivity contribution in [2.45, 2.75) is 44.8 Å². The van der Waals surface area contributed by atoms with E-state index in [9.17, 15) is 0 Å². The van der Waals surface area contributed by atoms with Gasteiger partial charge in [0.15, 0.2) is 0 Å². The third-order valence-electron chi connectivity index (χ3n) is 1.14. The van der Waals surface area contributed by atoms with Gasteiger partial charge in [-0.15, -0.1) is 0 Å². The molecule has 8 heavy (non-hydrogen) atoms. The second-order valence-corrected chi connectivity index (χ2v) is 4.13. The highest BCUT2D eigenvalue weighted by atomic mass is 32.1. The Bertz CT molecular complexity index is 51.9. The molecule has 50 valence electrons. The minimum Gasteiger partial charge on any atom is -0.173 e. The van der Waals surface area contributed by atoms with Gasteiger partial charge in [-0.2, -0.15) is 12.6 Å². The highest BCUT2D eigenvalue weighted by Gasteiger charge is 2.08. The first kappa shape index (κ1) is 8.35. The number of unbranched alkanes of at least 4 members (excludes halogenated alkanes) is 1. The molecule has 0 saturated heterocycles. The lowest BCUT2D eigenvalue weighted by atomic mass is 10.1. The molecular formula is C7H16S. The number of thiol groups is 1. The smallest absolute Gasteiger partial charge is 0.00731 e. The lowest BCUT2D eigenvalue weighted by Gasteiger charge is -2.15. The quantitative estimate of drug-likeness (QED) is 0.561. The van der Waals surface area contributed by atoms with Gasteiger partial charge in [0.1, 0.15) is 0 Å². The molecule has 0 aliphatic carbocycles. The Hall–Kier alpha value is 0.350. The Balaban J connectivity index is 3.11. The molecule has 0 aliphatic heterocycles. The molecule has 0 heterocycles. The number of hydrogen-bond acceptors (Lipinski definition) is 1. The van der Waals surface area contributed by atoms with Crippen LogP contribution in [0.15, 0.2) is 0 Å². The maximum Gasteiger partial charge on any atom is 0.00731 e. The second kappa shape index (κ2) is 3.39. The van der Waals surface area contributed by atoms with Crippen molar-refractivity contribution in [1.82, 2.24) is 0 Å². The molecule has 0 N–H and O–H groups in total. The molecular weight excluding hydrogens is 116 g/mol. The number of rotatable bonds is 3. The van der Waals surface area contributed by atoms with Gasteiger partial charge in [0.2, 0.25) is 0 Å². The van der Waals surface area contributed by atoms with E-state index in [2.05, 4.69) is 33.4 Å². The summed E-state index contributed by atoms with van der Waals surface area (Å²) in [6, 6.07) is 0.